The van der Waals surface area contributed by atoms with E-state index in [-0.39, 0.29) is 16.8 Å². The number of benzene rings is 3. The molecule has 27 heavy (non-hydrogen) atoms. The summed E-state index contributed by atoms with van der Waals surface area (Å²) in [4.78, 5) is 16.6. The summed E-state index contributed by atoms with van der Waals surface area (Å²) in [5.41, 5.74) is 2.29. The highest BCUT2D eigenvalue weighted by atomic mass is 35.5. The van der Waals surface area contributed by atoms with Crippen molar-refractivity contribution in [3.63, 3.8) is 0 Å². The SMILES string of the molecule is O=C(Nc1ccc2oc(-c3ccc(F)cc3Cl)nc2c1)c1ccc(F)cc1. The van der Waals surface area contributed by atoms with Gasteiger partial charge >= 0.3 is 0 Å². The molecule has 0 aliphatic carbocycles. The normalized spacial score (nSPS) is 10.9. The number of hydrogen-bond acceptors (Lipinski definition) is 3. The summed E-state index contributed by atoms with van der Waals surface area (Å²) in [6, 6.07) is 14.1. The first-order valence-corrected chi connectivity index (χ1v) is 8.30. The maximum atomic E-state index is 13.2. The molecule has 4 aromatic rings. The molecule has 3 aromatic carbocycles. The fraction of sp³-hybridized carbons (Fsp3) is 0. The number of fused-ring (bicyclic) bond motifs is 1. The van der Waals surface area contributed by atoms with Gasteiger partial charge in [0.05, 0.1) is 10.6 Å². The Balaban J connectivity index is 1.62. The first-order valence-electron chi connectivity index (χ1n) is 7.92. The van der Waals surface area contributed by atoms with E-state index in [1.165, 1.54) is 42.5 Å². The van der Waals surface area contributed by atoms with Crippen molar-refractivity contribution in [2.24, 2.45) is 0 Å². The van der Waals surface area contributed by atoms with Crippen molar-refractivity contribution >= 4 is 34.3 Å². The molecule has 4 nitrogen and oxygen atoms in total. The minimum atomic E-state index is -0.453. The van der Waals surface area contributed by atoms with Gasteiger partial charge in [0.25, 0.3) is 5.91 Å². The molecule has 0 unspecified atom stereocenters. The Morgan fingerprint density at radius 1 is 0.963 bits per heavy atom. The standard InChI is InChI=1S/C20H11ClF2N2O2/c21-16-9-13(23)5-7-15(16)20-25-17-10-14(6-8-18(17)27-20)24-19(26)11-1-3-12(22)4-2-11/h1-10H,(H,24,26). The number of rotatable bonds is 3. The molecule has 0 aliphatic rings. The topological polar surface area (TPSA) is 55.1 Å². The Kier molecular flexibility index (Phi) is 4.33. The van der Waals surface area contributed by atoms with Crippen LogP contribution in [0.15, 0.2) is 65.1 Å². The van der Waals surface area contributed by atoms with Gasteiger partial charge in [0, 0.05) is 11.3 Å². The second-order valence-electron chi connectivity index (χ2n) is 5.79. The maximum absolute atomic E-state index is 13.2. The fourth-order valence-electron chi connectivity index (χ4n) is 2.59. The van der Waals surface area contributed by atoms with Crippen LogP contribution in [0.1, 0.15) is 10.4 Å². The number of halogens is 3. The van der Waals surface area contributed by atoms with E-state index < -0.39 is 11.6 Å². The van der Waals surface area contributed by atoms with Gasteiger partial charge in [-0.25, -0.2) is 13.8 Å². The number of oxazole rings is 1. The Morgan fingerprint density at radius 3 is 2.44 bits per heavy atom. The lowest BCUT2D eigenvalue weighted by molar-refractivity contribution is 0.102. The van der Waals surface area contributed by atoms with Crippen molar-refractivity contribution in [2.75, 3.05) is 5.32 Å². The molecule has 7 heteroatoms. The van der Waals surface area contributed by atoms with Gasteiger partial charge in [0.15, 0.2) is 5.58 Å². The van der Waals surface area contributed by atoms with Crippen LogP contribution in [0.3, 0.4) is 0 Å². The lowest BCUT2D eigenvalue weighted by Crippen LogP contribution is -2.11. The van der Waals surface area contributed by atoms with Crippen LogP contribution in [-0.2, 0) is 0 Å². The van der Waals surface area contributed by atoms with E-state index in [2.05, 4.69) is 10.3 Å². The molecule has 4 rings (SSSR count). The first-order chi connectivity index (χ1) is 13.0. The average molecular weight is 385 g/mol. The summed E-state index contributed by atoms with van der Waals surface area (Å²) >= 11 is 6.05. The number of hydrogen-bond donors (Lipinski definition) is 1. The molecular formula is C20H11ClF2N2O2. The van der Waals surface area contributed by atoms with Gasteiger partial charge < -0.3 is 9.73 Å². The largest absolute Gasteiger partial charge is 0.436 e. The van der Waals surface area contributed by atoms with Gasteiger partial charge in [-0.05, 0) is 60.7 Å². The third-order valence-electron chi connectivity index (χ3n) is 3.91. The molecule has 134 valence electrons. The van der Waals surface area contributed by atoms with Crippen LogP contribution in [0, 0.1) is 11.6 Å². The van der Waals surface area contributed by atoms with Crippen molar-refractivity contribution in [3.8, 4) is 11.5 Å². The van der Waals surface area contributed by atoms with Crippen molar-refractivity contribution in [3.05, 3.63) is 82.9 Å². The minimum Gasteiger partial charge on any atom is -0.436 e. The highest BCUT2D eigenvalue weighted by Crippen LogP contribution is 2.31. The number of aromatic nitrogens is 1. The van der Waals surface area contributed by atoms with Crippen molar-refractivity contribution in [2.45, 2.75) is 0 Å². The summed E-state index contributed by atoms with van der Waals surface area (Å²) in [5, 5.41) is 2.91. The van der Waals surface area contributed by atoms with Crippen molar-refractivity contribution in [1.29, 1.82) is 0 Å². The van der Waals surface area contributed by atoms with Gasteiger partial charge in [-0.1, -0.05) is 11.6 Å². The number of carbonyl (C=O) groups is 1. The molecule has 1 N–H and O–H groups in total. The monoisotopic (exact) mass is 384 g/mol. The second kappa shape index (κ2) is 6.81. The fourth-order valence-corrected chi connectivity index (χ4v) is 2.84. The third kappa shape index (κ3) is 3.52. The number of anilines is 1. The Bertz CT molecular complexity index is 1160. The molecule has 0 fully saturated rings. The predicted molar refractivity (Wildman–Crippen MR) is 98.8 cm³/mol. The highest BCUT2D eigenvalue weighted by molar-refractivity contribution is 6.33. The van der Waals surface area contributed by atoms with Gasteiger partial charge in [0.2, 0.25) is 5.89 Å². The summed E-state index contributed by atoms with van der Waals surface area (Å²) in [6.45, 7) is 0. The molecule has 0 saturated carbocycles. The van der Waals surface area contributed by atoms with E-state index >= 15 is 0 Å². The quantitative estimate of drug-likeness (QED) is 0.494. The van der Waals surface area contributed by atoms with E-state index in [4.69, 9.17) is 16.0 Å². The number of nitrogens with one attached hydrogen (secondary N) is 1. The Morgan fingerprint density at radius 2 is 1.70 bits per heavy atom. The van der Waals surface area contributed by atoms with Crippen LogP contribution >= 0.6 is 11.6 Å². The highest BCUT2D eigenvalue weighted by Gasteiger charge is 2.13. The summed E-state index contributed by atoms with van der Waals surface area (Å²) < 4.78 is 31.8. The minimum absolute atomic E-state index is 0.186. The molecule has 0 spiro atoms. The summed E-state index contributed by atoms with van der Waals surface area (Å²) in [7, 11) is 0. The lowest BCUT2D eigenvalue weighted by atomic mass is 10.2. The van der Waals surface area contributed by atoms with Gasteiger partial charge in [-0.3, -0.25) is 4.79 Å². The summed E-state index contributed by atoms with van der Waals surface area (Å²) in [6.07, 6.45) is 0. The number of amides is 1. The Hall–Kier alpha value is -3.25. The van der Waals surface area contributed by atoms with E-state index in [1.807, 2.05) is 0 Å². The third-order valence-corrected chi connectivity index (χ3v) is 4.23. The van der Waals surface area contributed by atoms with E-state index in [9.17, 15) is 13.6 Å². The van der Waals surface area contributed by atoms with Crippen LogP contribution in [0.2, 0.25) is 5.02 Å². The Labute approximate surface area is 157 Å². The smallest absolute Gasteiger partial charge is 0.255 e. The van der Waals surface area contributed by atoms with E-state index in [0.717, 1.165) is 0 Å². The molecule has 0 atom stereocenters. The molecule has 1 aromatic heterocycles. The van der Waals surface area contributed by atoms with Crippen LogP contribution in [0.4, 0.5) is 14.5 Å². The zero-order valence-electron chi connectivity index (χ0n) is 13.7. The van der Waals surface area contributed by atoms with Crippen LogP contribution in [0.5, 0.6) is 0 Å². The zero-order valence-corrected chi connectivity index (χ0v) is 14.4. The average Bonchev–Trinajstić information content (AvgIpc) is 3.05. The molecule has 0 aliphatic heterocycles. The maximum Gasteiger partial charge on any atom is 0.255 e. The van der Waals surface area contributed by atoms with Crippen LogP contribution < -0.4 is 5.32 Å². The van der Waals surface area contributed by atoms with E-state index in [0.29, 0.717) is 27.9 Å². The van der Waals surface area contributed by atoms with Crippen LogP contribution in [-0.4, -0.2) is 10.9 Å². The molecule has 0 radical (unpaired) electrons. The van der Waals surface area contributed by atoms with Crippen LogP contribution in [0.25, 0.3) is 22.6 Å². The van der Waals surface area contributed by atoms with Gasteiger partial charge in [0.1, 0.15) is 17.2 Å². The first kappa shape index (κ1) is 17.2. The lowest BCUT2D eigenvalue weighted by Gasteiger charge is -2.04. The molecule has 0 saturated heterocycles. The number of nitrogens with zero attached hydrogens (tertiary/aromatic N) is 1. The van der Waals surface area contributed by atoms with Gasteiger partial charge in [-0.2, -0.15) is 0 Å². The van der Waals surface area contributed by atoms with E-state index in [1.54, 1.807) is 18.2 Å². The van der Waals surface area contributed by atoms with Crippen molar-refractivity contribution < 1.29 is 18.0 Å². The van der Waals surface area contributed by atoms with Gasteiger partial charge in [-0.15, -0.1) is 0 Å². The molecule has 1 heterocycles. The van der Waals surface area contributed by atoms with Crippen molar-refractivity contribution in [1.82, 2.24) is 4.98 Å². The molecule has 0 bridgehead atoms. The molecular weight excluding hydrogens is 374 g/mol. The second-order valence-corrected chi connectivity index (χ2v) is 6.19. The predicted octanol–water partition coefficient (Wildman–Crippen LogP) is 5.68. The summed E-state index contributed by atoms with van der Waals surface area (Å²) in [5.74, 6) is -0.995. The molecule has 1 amide bonds. The zero-order chi connectivity index (χ0) is 19.0. The number of carbonyl (C=O) groups excluding carboxylic acids is 1.